The van der Waals surface area contributed by atoms with Gasteiger partial charge in [-0.05, 0) is 40.2 Å². The number of carbonyl (C=O) groups is 1. The van der Waals surface area contributed by atoms with E-state index in [1.54, 1.807) is 18.2 Å². The first-order valence-corrected chi connectivity index (χ1v) is 6.12. The minimum atomic E-state index is -0.484. The van der Waals surface area contributed by atoms with E-state index in [4.69, 9.17) is 11.6 Å². The molecular formula is C12H7BrClFN2O. The maximum atomic E-state index is 13.0. The molecule has 6 heteroatoms. The Kier molecular flexibility index (Phi) is 3.93. The molecule has 0 aliphatic heterocycles. The van der Waals surface area contributed by atoms with Crippen LogP contribution in [0.1, 0.15) is 10.5 Å². The molecule has 0 aliphatic rings. The first-order chi connectivity index (χ1) is 8.58. The van der Waals surface area contributed by atoms with Crippen molar-refractivity contribution in [1.82, 2.24) is 4.98 Å². The van der Waals surface area contributed by atoms with Crippen molar-refractivity contribution in [2.24, 2.45) is 0 Å². The zero-order valence-corrected chi connectivity index (χ0v) is 11.3. The third-order valence-electron chi connectivity index (χ3n) is 2.14. The second kappa shape index (κ2) is 5.46. The molecule has 0 bridgehead atoms. The van der Waals surface area contributed by atoms with E-state index in [1.807, 2.05) is 0 Å². The van der Waals surface area contributed by atoms with Crippen LogP contribution in [0, 0.1) is 5.82 Å². The Morgan fingerprint density at radius 2 is 2.17 bits per heavy atom. The number of rotatable bonds is 2. The summed E-state index contributed by atoms with van der Waals surface area (Å²) >= 11 is 9.00. The quantitative estimate of drug-likeness (QED) is 0.908. The van der Waals surface area contributed by atoms with Crippen LogP contribution in [0.2, 0.25) is 5.02 Å². The molecule has 1 heterocycles. The summed E-state index contributed by atoms with van der Waals surface area (Å²) in [5.74, 6) is -0.896. The third kappa shape index (κ3) is 2.86. The Morgan fingerprint density at radius 3 is 2.78 bits per heavy atom. The van der Waals surface area contributed by atoms with Crippen molar-refractivity contribution in [2.75, 3.05) is 5.32 Å². The van der Waals surface area contributed by atoms with Crippen LogP contribution in [-0.4, -0.2) is 10.9 Å². The van der Waals surface area contributed by atoms with Gasteiger partial charge in [-0.1, -0.05) is 17.7 Å². The van der Waals surface area contributed by atoms with E-state index >= 15 is 0 Å². The average molecular weight is 330 g/mol. The van der Waals surface area contributed by atoms with Gasteiger partial charge in [-0.15, -0.1) is 0 Å². The Bertz CT molecular complexity index is 569. The number of halogens is 3. The van der Waals surface area contributed by atoms with Gasteiger partial charge in [0.25, 0.3) is 5.91 Å². The van der Waals surface area contributed by atoms with Crippen molar-refractivity contribution in [3.63, 3.8) is 0 Å². The molecule has 2 rings (SSSR count). The second-order valence-corrected chi connectivity index (χ2v) is 4.68. The highest BCUT2D eigenvalue weighted by Gasteiger charge is 2.13. The molecule has 0 atom stereocenters. The van der Waals surface area contributed by atoms with Crippen LogP contribution in [0.3, 0.4) is 0 Å². The number of nitrogens with zero attached hydrogens (tertiary/aromatic N) is 1. The molecule has 1 N–H and O–H groups in total. The molecule has 1 amide bonds. The van der Waals surface area contributed by atoms with E-state index in [9.17, 15) is 9.18 Å². The highest BCUT2D eigenvalue weighted by Crippen LogP contribution is 2.31. The number of aromatic nitrogens is 1. The van der Waals surface area contributed by atoms with Crippen molar-refractivity contribution in [2.45, 2.75) is 0 Å². The number of nitrogens with one attached hydrogen (secondary N) is 1. The monoisotopic (exact) mass is 328 g/mol. The van der Waals surface area contributed by atoms with Crippen LogP contribution in [-0.2, 0) is 0 Å². The summed E-state index contributed by atoms with van der Waals surface area (Å²) in [4.78, 5) is 15.8. The lowest BCUT2D eigenvalue weighted by molar-refractivity contribution is 0.102. The fraction of sp³-hybridized carbons (Fsp3) is 0. The molecule has 3 nitrogen and oxygen atoms in total. The van der Waals surface area contributed by atoms with E-state index in [2.05, 4.69) is 26.2 Å². The van der Waals surface area contributed by atoms with Crippen LogP contribution >= 0.6 is 27.5 Å². The standard InChI is InChI=1S/C12H7BrClFN2O/c13-8-5-7(15)6-9(14)11(8)17-12(18)10-3-1-2-4-16-10/h1-6H,(H,17,18). The molecule has 0 radical (unpaired) electrons. The van der Waals surface area contributed by atoms with Gasteiger partial charge in [0, 0.05) is 10.7 Å². The predicted molar refractivity (Wildman–Crippen MR) is 71.3 cm³/mol. The maximum absolute atomic E-state index is 13.0. The molecule has 18 heavy (non-hydrogen) atoms. The minimum Gasteiger partial charge on any atom is -0.318 e. The van der Waals surface area contributed by atoms with Crippen LogP contribution in [0.25, 0.3) is 0 Å². The summed E-state index contributed by atoms with van der Waals surface area (Å²) in [7, 11) is 0. The van der Waals surface area contributed by atoms with Crippen molar-refractivity contribution in [3.05, 3.63) is 57.5 Å². The second-order valence-electron chi connectivity index (χ2n) is 3.41. The zero-order valence-electron chi connectivity index (χ0n) is 8.95. The molecule has 1 aromatic carbocycles. The largest absolute Gasteiger partial charge is 0.318 e. The first-order valence-electron chi connectivity index (χ1n) is 4.95. The molecular weight excluding hydrogens is 323 g/mol. The van der Waals surface area contributed by atoms with E-state index in [0.29, 0.717) is 10.2 Å². The molecule has 1 aromatic heterocycles. The third-order valence-corrected chi connectivity index (χ3v) is 3.07. The van der Waals surface area contributed by atoms with E-state index in [-0.39, 0.29) is 10.7 Å². The lowest BCUT2D eigenvalue weighted by Crippen LogP contribution is -2.14. The Morgan fingerprint density at radius 1 is 1.39 bits per heavy atom. The van der Waals surface area contributed by atoms with Crippen LogP contribution in [0.15, 0.2) is 41.0 Å². The van der Waals surface area contributed by atoms with Crippen LogP contribution in [0.4, 0.5) is 10.1 Å². The SMILES string of the molecule is O=C(Nc1c(Cl)cc(F)cc1Br)c1ccccn1. The number of hydrogen-bond acceptors (Lipinski definition) is 2. The topological polar surface area (TPSA) is 42.0 Å². The zero-order chi connectivity index (χ0) is 13.1. The van der Waals surface area contributed by atoms with Gasteiger partial charge in [-0.2, -0.15) is 0 Å². The normalized spacial score (nSPS) is 10.2. The lowest BCUT2D eigenvalue weighted by Gasteiger charge is -2.09. The minimum absolute atomic E-state index is 0.117. The Hall–Kier alpha value is -1.46. The summed E-state index contributed by atoms with van der Waals surface area (Å²) in [6.45, 7) is 0. The predicted octanol–water partition coefficient (Wildman–Crippen LogP) is 3.89. The molecule has 0 fully saturated rings. The summed E-state index contributed by atoms with van der Waals surface area (Å²) in [6, 6.07) is 7.32. The summed E-state index contributed by atoms with van der Waals surface area (Å²) in [5.41, 5.74) is 0.568. The highest BCUT2D eigenvalue weighted by molar-refractivity contribution is 9.10. The van der Waals surface area contributed by atoms with Gasteiger partial charge in [0.2, 0.25) is 0 Å². The van der Waals surface area contributed by atoms with Gasteiger partial charge >= 0.3 is 0 Å². The van der Waals surface area contributed by atoms with Gasteiger partial charge in [0.15, 0.2) is 0 Å². The van der Waals surface area contributed by atoms with Crippen LogP contribution in [0.5, 0.6) is 0 Å². The number of carbonyl (C=O) groups excluding carboxylic acids is 1. The van der Waals surface area contributed by atoms with Crippen molar-refractivity contribution < 1.29 is 9.18 Å². The molecule has 0 saturated carbocycles. The first kappa shape index (κ1) is 13.0. The molecule has 2 aromatic rings. The number of anilines is 1. The lowest BCUT2D eigenvalue weighted by atomic mass is 10.3. The van der Waals surface area contributed by atoms with Gasteiger partial charge < -0.3 is 5.32 Å². The maximum Gasteiger partial charge on any atom is 0.274 e. The van der Waals surface area contributed by atoms with E-state index in [1.165, 1.54) is 12.3 Å². The highest BCUT2D eigenvalue weighted by atomic mass is 79.9. The fourth-order valence-electron chi connectivity index (χ4n) is 1.34. The smallest absolute Gasteiger partial charge is 0.274 e. The molecule has 0 spiro atoms. The molecule has 0 aliphatic carbocycles. The summed E-state index contributed by atoms with van der Waals surface area (Å²) in [5, 5.41) is 2.69. The van der Waals surface area contributed by atoms with E-state index in [0.717, 1.165) is 6.07 Å². The van der Waals surface area contributed by atoms with Crippen molar-refractivity contribution in [1.29, 1.82) is 0 Å². The molecule has 0 unspecified atom stereocenters. The van der Waals surface area contributed by atoms with Gasteiger partial charge in [0.1, 0.15) is 11.5 Å². The molecule has 0 saturated heterocycles. The Labute approximate surface area is 116 Å². The van der Waals surface area contributed by atoms with E-state index < -0.39 is 11.7 Å². The van der Waals surface area contributed by atoms with Gasteiger partial charge in [0.05, 0.1) is 10.7 Å². The fourth-order valence-corrected chi connectivity index (χ4v) is 2.24. The Balaban J connectivity index is 2.28. The van der Waals surface area contributed by atoms with Crippen molar-refractivity contribution in [3.8, 4) is 0 Å². The molecule has 92 valence electrons. The summed E-state index contributed by atoms with van der Waals surface area (Å²) < 4.78 is 13.4. The average Bonchev–Trinajstić information content (AvgIpc) is 2.34. The van der Waals surface area contributed by atoms with Gasteiger partial charge in [-0.3, -0.25) is 9.78 Å². The van der Waals surface area contributed by atoms with Gasteiger partial charge in [-0.25, -0.2) is 4.39 Å². The number of benzene rings is 1. The number of pyridine rings is 1. The number of amides is 1. The number of hydrogen-bond donors (Lipinski definition) is 1. The summed E-state index contributed by atoms with van der Waals surface area (Å²) in [6.07, 6.45) is 1.51. The van der Waals surface area contributed by atoms with Crippen LogP contribution < -0.4 is 5.32 Å². The van der Waals surface area contributed by atoms with Crippen molar-refractivity contribution >= 4 is 39.1 Å².